The predicted octanol–water partition coefficient (Wildman–Crippen LogP) is 1.25. The zero-order chi connectivity index (χ0) is 11.6. The maximum absolute atomic E-state index is 13.4. The molecule has 15 heavy (non-hydrogen) atoms. The Kier molecular flexibility index (Phi) is 3.65. The summed E-state index contributed by atoms with van der Waals surface area (Å²) in [6.07, 6.45) is -0.125. The molecule has 0 aliphatic carbocycles. The number of halogens is 2. The van der Waals surface area contributed by atoms with Gasteiger partial charge in [-0.25, -0.2) is 4.39 Å². The van der Waals surface area contributed by atoms with Crippen molar-refractivity contribution in [1.29, 1.82) is 0 Å². The van der Waals surface area contributed by atoms with E-state index in [-0.39, 0.29) is 22.2 Å². The second-order valence-electron chi connectivity index (χ2n) is 3.02. The zero-order valence-electron chi connectivity index (χ0n) is 7.58. The van der Waals surface area contributed by atoms with Crippen molar-refractivity contribution in [2.75, 3.05) is 0 Å². The Balaban J connectivity index is 2.97. The van der Waals surface area contributed by atoms with Gasteiger partial charge in [-0.15, -0.1) is 0 Å². The Bertz CT molecular complexity index is 397. The smallest absolute Gasteiger partial charge is 0.320 e. The molecule has 82 valence electrons. The van der Waals surface area contributed by atoms with E-state index in [9.17, 15) is 9.18 Å². The lowest BCUT2D eigenvalue weighted by Crippen LogP contribution is -2.32. The van der Waals surface area contributed by atoms with Crippen LogP contribution in [-0.2, 0) is 11.2 Å². The highest BCUT2D eigenvalue weighted by molar-refractivity contribution is 9.10. The van der Waals surface area contributed by atoms with Crippen molar-refractivity contribution in [2.24, 2.45) is 5.73 Å². The van der Waals surface area contributed by atoms with Crippen LogP contribution in [0.4, 0.5) is 4.39 Å². The number of aromatic hydroxyl groups is 1. The van der Waals surface area contributed by atoms with Crippen LogP contribution in [0.3, 0.4) is 0 Å². The highest BCUT2D eigenvalue weighted by Gasteiger charge is 2.17. The van der Waals surface area contributed by atoms with Crippen molar-refractivity contribution in [1.82, 2.24) is 0 Å². The average molecular weight is 278 g/mol. The fraction of sp³-hybridized carbons (Fsp3) is 0.222. The third-order valence-electron chi connectivity index (χ3n) is 1.90. The first-order chi connectivity index (χ1) is 6.93. The standard InChI is InChI=1S/C9H9BrFNO3/c10-7-6(13)2-1-4(8(7)11)3-5(12)9(14)15/h1-2,5,13H,3,12H2,(H,14,15). The summed E-state index contributed by atoms with van der Waals surface area (Å²) in [7, 11) is 0. The Labute approximate surface area is 93.6 Å². The summed E-state index contributed by atoms with van der Waals surface area (Å²) < 4.78 is 13.3. The van der Waals surface area contributed by atoms with E-state index in [0.717, 1.165) is 0 Å². The van der Waals surface area contributed by atoms with Crippen molar-refractivity contribution in [3.63, 3.8) is 0 Å². The van der Waals surface area contributed by atoms with E-state index in [0.29, 0.717) is 0 Å². The van der Waals surface area contributed by atoms with Crippen molar-refractivity contribution >= 4 is 21.9 Å². The van der Waals surface area contributed by atoms with E-state index >= 15 is 0 Å². The third-order valence-corrected chi connectivity index (χ3v) is 2.65. The molecule has 0 saturated carbocycles. The molecule has 0 aliphatic rings. The first-order valence-corrected chi connectivity index (χ1v) is 4.87. The van der Waals surface area contributed by atoms with Crippen molar-refractivity contribution in [3.05, 3.63) is 28.0 Å². The number of nitrogens with two attached hydrogens (primary N) is 1. The van der Waals surface area contributed by atoms with E-state index in [1.165, 1.54) is 12.1 Å². The van der Waals surface area contributed by atoms with Crippen LogP contribution in [0.2, 0.25) is 0 Å². The summed E-state index contributed by atoms with van der Waals surface area (Å²) in [5, 5.41) is 17.7. The molecule has 6 heteroatoms. The van der Waals surface area contributed by atoms with E-state index in [2.05, 4.69) is 15.9 Å². The largest absolute Gasteiger partial charge is 0.507 e. The van der Waals surface area contributed by atoms with Crippen LogP contribution in [0.1, 0.15) is 5.56 Å². The third kappa shape index (κ3) is 2.66. The lowest BCUT2D eigenvalue weighted by atomic mass is 10.1. The van der Waals surface area contributed by atoms with Gasteiger partial charge in [0.05, 0.1) is 4.47 Å². The van der Waals surface area contributed by atoms with E-state index in [1.807, 2.05) is 0 Å². The monoisotopic (exact) mass is 277 g/mol. The lowest BCUT2D eigenvalue weighted by Gasteiger charge is -2.09. The fourth-order valence-electron chi connectivity index (χ4n) is 1.06. The molecule has 1 atom stereocenters. The first-order valence-electron chi connectivity index (χ1n) is 4.07. The lowest BCUT2D eigenvalue weighted by molar-refractivity contribution is -0.138. The second kappa shape index (κ2) is 4.59. The van der Waals surface area contributed by atoms with Gasteiger partial charge in [-0.3, -0.25) is 4.79 Å². The van der Waals surface area contributed by atoms with E-state index in [4.69, 9.17) is 15.9 Å². The summed E-state index contributed by atoms with van der Waals surface area (Å²) >= 11 is 2.84. The second-order valence-corrected chi connectivity index (χ2v) is 3.81. The number of rotatable bonds is 3. The highest BCUT2D eigenvalue weighted by atomic mass is 79.9. The van der Waals surface area contributed by atoms with Gasteiger partial charge in [-0.2, -0.15) is 0 Å². The minimum absolute atomic E-state index is 0.0856. The summed E-state index contributed by atoms with van der Waals surface area (Å²) in [5.74, 6) is -2.12. The highest BCUT2D eigenvalue weighted by Crippen LogP contribution is 2.29. The maximum atomic E-state index is 13.4. The van der Waals surface area contributed by atoms with Gasteiger partial charge < -0.3 is 15.9 Å². The van der Waals surface area contributed by atoms with Gasteiger partial charge in [0.15, 0.2) is 0 Å². The number of hydrogen-bond donors (Lipinski definition) is 3. The van der Waals surface area contributed by atoms with Crippen LogP contribution in [0.25, 0.3) is 0 Å². The molecule has 0 saturated heterocycles. The van der Waals surface area contributed by atoms with Crippen molar-refractivity contribution in [3.8, 4) is 5.75 Å². The van der Waals surface area contributed by atoms with Gasteiger partial charge in [-0.05, 0) is 27.6 Å². The summed E-state index contributed by atoms with van der Waals surface area (Å²) in [5.41, 5.74) is 5.41. The Morgan fingerprint density at radius 1 is 1.60 bits per heavy atom. The van der Waals surface area contributed by atoms with Gasteiger partial charge in [0.2, 0.25) is 0 Å². The van der Waals surface area contributed by atoms with Crippen LogP contribution >= 0.6 is 15.9 Å². The molecule has 0 heterocycles. The first kappa shape index (κ1) is 11.9. The molecule has 0 radical (unpaired) electrons. The molecule has 0 bridgehead atoms. The molecule has 4 N–H and O–H groups in total. The molecule has 1 unspecified atom stereocenters. The molecule has 1 aromatic carbocycles. The summed E-state index contributed by atoms with van der Waals surface area (Å²) in [4.78, 5) is 10.5. The maximum Gasteiger partial charge on any atom is 0.320 e. The number of carboxylic acid groups (broad SMARTS) is 1. The van der Waals surface area contributed by atoms with Crippen LogP contribution < -0.4 is 5.73 Å². The molecule has 0 fully saturated rings. The number of carbonyl (C=O) groups is 1. The quantitative estimate of drug-likeness (QED) is 0.777. The Hall–Kier alpha value is -1.14. The molecule has 1 aromatic rings. The molecule has 0 aromatic heterocycles. The number of hydrogen-bond acceptors (Lipinski definition) is 3. The molecule has 0 amide bonds. The summed E-state index contributed by atoms with van der Waals surface area (Å²) in [6.45, 7) is 0. The number of phenols is 1. The number of carboxylic acids is 1. The topological polar surface area (TPSA) is 83.5 Å². The average Bonchev–Trinajstić information content (AvgIpc) is 2.18. The van der Waals surface area contributed by atoms with Gasteiger partial charge in [-0.1, -0.05) is 6.07 Å². The minimum atomic E-state index is -1.20. The van der Waals surface area contributed by atoms with Crippen LogP contribution in [0.15, 0.2) is 16.6 Å². The molecule has 4 nitrogen and oxygen atoms in total. The van der Waals surface area contributed by atoms with Crippen molar-refractivity contribution in [2.45, 2.75) is 12.5 Å². The molecule has 1 rings (SSSR count). The molecular formula is C9H9BrFNO3. The van der Waals surface area contributed by atoms with Crippen LogP contribution in [-0.4, -0.2) is 22.2 Å². The fourth-order valence-corrected chi connectivity index (χ4v) is 1.45. The zero-order valence-corrected chi connectivity index (χ0v) is 9.16. The van der Waals surface area contributed by atoms with Gasteiger partial charge in [0, 0.05) is 6.42 Å². The van der Waals surface area contributed by atoms with Gasteiger partial charge >= 0.3 is 5.97 Å². The van der Waals surface area contributed by atoms with Gasteiger partial charge in [0.25, 0.3) is 0 Å². The number of benzene rings is 1. The van der Waals surface area contributed by atoms with Crippen LogP contribution in [0, 0.1) is 5.82 Å². The molecule has 0 spiro atoms. The minimum Gasteiger partial charge on any atom is -0.507 e. The van der Waals surface area contributed by atoms with E-state index < -0.39 is 17.8 Å². The number of aliphatic carboxylic acids is 1. The predicted molar refractivity (Wildman–Crippen MR) is 55.1 cm³/mol. The van der Waals surface area contributed by atoms with Gasteiger partial charge in [0.1, 0.15) is 17.6 Å². The number of phenolic OH excluding ortho intramolecular Hbond substituents is 1. The normalized spacial score (nSPS) is 12.5. The summed E-state index contributed by atoms with van der Waals surface area (Å²) in [6, 6.07) is 1.42. The molecule has 0 aliphatic heterocycles. The Morgan fingerprint density at radius 3 is 2.73 bits per heavy atom. The van der Waals surface area contributed by atoms with Crippen molar-refractivity contribution < 1.29 is 19.4 Å². The Morgan fingerprint density at radius 2 is 2.20 bits per heavy atom. The van der Waals surface area contributed by atoms with E-state index in [1.54, 1.807) is 0 Å². The SMILES string of the molecule is NC(Cc1ccc(O)c(Br)c1F)C(=O)O. The van der Waals surface area contributed by atoms with Crippen LogP contribution in [0.5, 0.6) is 5.75 Å². The molecular weight excluding hydrogens is 269 g/mol.